The van der Waals surface area contributed by atoms with E-state index in [-0.39, 0.29) is 18.4 Å². The summed E-state index contributed by atoms with van der Waals surface area (Å²) < 4.78 is 0. The van der Waals surface area contributed by atoms with Crippen LogP contribution >= 0.6 is 0 Å². The topological polar surface area (TPSA) is 80.9 Å². The number of aliphatic hydroxyl groups is 4. The van der Waals surface area contributed by atoms with Crippen molar-refractivity contribution in [3.63, 3.8) is 0 Å². The van der Waals surface area contributed by atoms with E-state index in [0.717, 1.165) is 12.8 Å². The van der Waals surface area contributed by atoms with Crippen molar-refractivity contribution in [1.82, 2.24) is 0 Å². The molecule has 0 rings (SSSR count). The Bertz CT molecular complexity index is 168. The maximum absolute atomic E-state index is 9.90. The van der Waals surface area contributed by atoms with Crippen LogP contribution in [0.15, 0.2) is 0 Å². The third-order valence-corrected chi connectivity index (χ3v) is 3.32. The molecule has 0 heterocycles. The predicted molar refractivity (Wildman–Crippen MR) is 63.0 cm³/mol. The van der Waals surface area contributed by atoms with Crippen LogP contribution in [-0.4, -0.2) is 45.3 Å². The Balaban J connectivity index is 4.36. The Kier molecular flexibility index (Phi) is 7.93. The van der Waals surface area contributed by atoms with E-state index in [1.165, 1.54) is 6.92 Å². The van der Waals surface area contributed by atoms with Crippen molar-refractivity contribution in [1.29, 1.82) is 0 Å². The molecule has 4 heteroatoms. The highest BCUT2D eigenvalue weighted by molar-refractivity contribution is 4.80. The fourth-order valence-corrected chi connectivity index (χ4v) is 1.91. The molecule has 0 aromatic carbocycles. The average Bonchev–Trinajstić information content (AvgIpc) is 2.29. The fraction of sp³-hybridized carbons (Fsp3) is 1.00. The lowest BCUT2D eigenvalue weighted by Crippen LogP contribution is -2.41. The number of hydrogen-bond donors (Lipinski definition) is 4. The van der Waals surface area contributed by atoms with Crippen LogP contribution in [0.4, 0.5) is 0 Å². The quantitative estimate of drug-likeness (QED) is 0.494. The second kappa shape index (κ2) is 8.01. The van der Waals surface area contributed by atoms with Crippen LogP contribution in [-0.2, 0) is 0 Å². The number of hydrogen-bond acceptors (Lipinski definition) is 4. The molecule has 0 saturated carbocycles. The zero-order chi connectivity index (χ0) is 12.7. The molecule has 0 aromatic rings. The first-order chi connectivity index (χ1) is 7.47. The normalized spacial score (nSPS) is 21.2. The van der Waals surface area contributed by atoms with Crippen molar-refractivity contribution in [2.24, 2.45) is 11.8 Å². The molecular weight excluding hydrogens is 208 g/mol. The van der Waals surface area contributed by atoms with E-state index < -0.39 is 18.3 Å². The van der Waals surface area contributed by atoms with Gasteiger partial charge in [0.05, 0.1) is 12.2 Å². The summed E-state index contributed by atoms with van der Waals surface area (Å²) in [4.78, 5) is 0. The summed E-state index contributed by atoms with van der Waals surface area (Å²) in [6, 6.07) is 0. The molecule has 98 valence electrons. The third-order valence-electron chi connectivity index (χ3n) is 3.32. The molecule has 0 aromatic heterocycles. The highest BCUT2D eigenvalue weighted by atomic mass is 16.4. The van der Waals surface area contributed by atoms with Gasteiger partial charge in [0.2, 0.25) is 0 Å². The van der Waals surface area contributed by atoms with Crippen molar-refractivity contribution in [2.45, 2.75) is 58.3 Å². The highest BCUT2D eigenvalue weighted by Crippen LogP contribution is 2.24. The first kappa shape index (κ1) is 15.8. The molecule has 0 amide bonds. The van der Waals surface area contributed by atoms with Crippen molar-refractivity contribution >= 4 is 0 Å². The summed E-state index contributed by atoms with van der Waals surface area (Å²) >= 11 is 0. The maximum Gasteiger partial charge on any atom is 0.106 e. The van der Waals surface area contributed by atoms with Crippen LogP contribution < -0.4 is 0 Å². The molecule has 0 aliphatic carbocycles. The van der Waals surface area contributed by atoms with Crippen molar-refractivity contribution in [3.05, 3.63) is 0 Å². The minimum atomic E-state index is -1.11. The molecule has 0 fully saturated rings. The lowest BCUT2D eigenvalue weighted by Gasteiger charge is -2.29. The van der Waals surface area contributed by atoms with Gasteiger partial charge in [-0.05, 0) is 25.2 Å². The van der Waals surface area contributed by atoms with E-state index in [0.29, 0.717) is 6.42 Å². The second-order valence-corrected chi connectivity index (χ2v) is 4.58. The largest absolute Gasteiger partial charge is 0.396 e. The Morgan fingerprint density at radius 2 is 1.50 bits per heavy atom. The lowest BCUT2D eigenvalue weighted by atomic mass is 9.84. The van der Waals surface area contributed by atoms with Gasteiger partial charge in [-0.2, -0.15) is 0 Å². The van der Waals surface area contributed by atoms with Gasteiger partial charge in [0.15, 0.2) is 0 Å². The zero-order valence-corrected chi connectivity index (χ0v) is 10.5. The first-order valence-corrected chi connectivity index (χ1v) is 6.12. The Labute approximate surface area is 97.9 Å². The van der Waals surface area contributed by atoms with Gasteiger partial charge in [-0.25, -0.2) is 0 Å². The molecule has 0 radical (unpaired) electrons. The van der Waals surface area contributed by atoms with E-state index >= 15 is 0 Å². The molecule has 5 atom stereocenters. The molecule has 4 N–H and O–H groups in total. The molecule has 4 nitrogen and oxygen atoms in total. The second-order valence-electron chi connectivity index (χ2n) is 4.58. The summed E-state index contributed by atoms with van der Waals surface area (Å²) in [6.45, 7) is 5.49. The lowest BCUT2D eigenvalue weighted by molar-refractivity contribution is -0.0798. The number of rotatable bonds is 8. The smallest absolute Gasteiger partial charge is 0.106 e. The van der Waals surface area contributed by atoms with E-state index in [1.54, 1.807) is 0 Å². The highest BCUT2D eigenvalue weighted by Gasteiger charge is 2.29. The Hall–Kier alpha value is -0.160. The summed E-state index contributed by atoms with van der Waals surface area (Å²) in [5.41, 5.74) is 0. The SMILES string of the molecule is CCC(CO)CC(CC)C(O)C(O)C(C)O. The van der Waals surface area contributed by atoms with Gasteiger partial charge in [-0.1, -0.05) is 26.7 Å². The monoisotopic (exact) mass is 234 g/mol. The van der Waals surface area contributed by atoms with E-state index in [4.69, 9.17) is 5.11 Å². The van der Waals surface area contributed by atoms with E-state index in [9.17, 15) is 15.3 Å². The molecule has 5 unspecified atom stereocenters. The molecule has 16 heavy (non-hydrogen) atoms. The molecular formula is C12H26O4. The maximum atomic E-state index is 9.90. The van der Waals surface area contributed by atoms with Gasteiger partial charge in [0.1, 0.15) is 6.10 Å². The Morgan fingerprint density at radius 3 is 1.81 bits per heavy atom. The summed E-state index contributed by atoms with van der Waals surface area (Å²) in [7, 11) is 0. The molecule has 0 spiro atoms. The summed E-state index contributed by atoms with van der Waals surface area (Å²) in [5.74, 6) is 0.0718. The van der Waals surface area contributed by atoms with Gasteiger partial charge in [0, 0.05) is 6.61 Å². The zero-order valence-electron chi connectivity index (χ0n) is 10.5. The third kappa shape index (κ3) is 4.78. The Morgan fingerprint density at radius 1 is 0.938 bits per heavy atom. The minimum absolute atomic E-state index is 0.0818. The van der Waals surface area contributed by atoms with Gasteiger partial charge >= 0.3 is 0 Å². The van der Waals surface area contributed by atoms with Gasteiger partial charge in [-0.15, -0.1) is 0 Å². The summed E-state index contributed by atoms with van der Waals surface area (Å²) in [5, 5.41) is 37.8. The number of aliphatic hydroxyl groups excluding tert-OH is 4. The summed E-state index contributed by atoms with van der Waals surface area (Å²) in [6.07, 6.45) is -0.717. The van der Waals surface area contributed by atoms with Crippen LogP contribution in [0.3, 0.4) is 0 Å². The van der Waals surface area contributed by atoms with E-state index in [1.807, 2.05) is 13.8 Å². The first-order valence-electron chi connectivity index (χ1n) is 6.12. The van der Waals surface area contributed by atoms with Crippen molar-refractivity contribution < 1.29 is 20.4 Å². The fourth-order valence-electron chi connectivity index (χ4n) is 1.91. The van der Waals surface area contributed by atoms with Crippen molar-refractivity contribution in [2.75, 3.05) is 6.61 Å². The van der Waals surface area contributed by atoms with Crippen LogP contribution in [0.25, 0.3) is 0 Å². The molecule has 0 saturated heterocycles. The van der Waals surface area contributed by atoms with Crippen LogP contribution in [0.5, 0.6) is 0 Å². The van der Waals surface area contributed by atoms with Crippen LogP contribution in [0.1, 0.15) is 40.0 Å². The average molecular weight is 234 g/mol. The van der Waals surface area contributed by atoms with Gasteiger partial charge < -0.3 is 20.4 Å². The standard InChI is InChI=1S/C12H26O4/c1-4-9(7-13)6-10(5-2)12(16)11(15)8(3)14/h8-16H,4-7H2,1-3H3. The molecule has 0 aliphatic rings. The minimum Gasteiger partial charge on any atom is -0.396 e. The van der Waals surface area contributed by atoms with Crippen molar-refractivity contribution in [3.8, 4) is 0 Å². The van der Waals surface area contributed by atoms with Gasteiger partial charge in [0.25, 0.3) is 0 Å². The van der Waals surface area contributed by atoms with E-state index in [2.05, 4.69) is 0 Å². The molecule has 0 aliphatic heterocycles. The van der Waals surface area contributed by atoms with Crippen LogP contribution in [0, 0.1) is 11.8 Å². The van der Waals surface area contributed by atoms with Gasteiger partial charge in [-0.3, -0.25) is 0 Å². The predicted octanol–water partition coefficient (Wildman–Crippen LogP) is 0.524. The molecule has 0 bridgehead atoms. The van der Waals surface area contributed by atoms with Crippen LogP contribution in [0.2, 0.25) is 0 Å².